The van der Waals surface area contributed by atoms with Crippen LogP contribution in [0.1, 0.15) is 17.0 Å². The molecular formula is C38H26. The molecule has 1 unspecified atom stereocenters. The van der Waals surface area contributed by atoms with Gasteiger partial charge in [-0.05, 0) is 77.7 Å². The van der Waals surface area contributed by atoms with Crippen LogP contribution < -0.4 is 0 Å². The van der Waals surface area contributed by atoms with Crippen molar-refractivity contribution in [3.05, 3.63) is 156 Å². The van der Waals surface area contributed by atoms with Gasteiger partial charge in [-0.1, -0.05) is 140 Å². The van der Waals surface area contributed by atoms with E-state index in [-0.39, 0.29) is 5.92 Å². The van der Waals surface area contributed by atoms with Crippen LogP contribution in [0.3, 0.4) is 0 Å². The van der Waals surface area contributed by atoms with E-state index in [9.17, 15) is 0 Å². The Morgan fingerprint density at radius 2 is 1.08 bits per heavy atom. The van der Waals surface area contributed by atoms with Crippen molar-refractivity contribution in [1.82, 2.24) is 0 Å². The van der Waals surface area contributed by atoms with Crippen molar-refractivity contribution in [1.29, 1.82) is 0 Å². The van der Waals surface area contributed by atoms with Crippen LogP contribution >= 0.6 is 0 Å². The van der Waals surface area contributed by atoms with E-state index in [2.05, 4.69) is 140 Å². The Morgan fingerprint density at radius 1 is 0.500 bits per heavy atom. The van der Waals surface area contributed by atoms with Gasteiger partial charge in [-0.3, -0.25) is 0 Å². The quantitative estimate of drug-likeness (QED) is 0.215. The highest BCUT2D eigenvalue weighted by molar-refractivity contribution is 6.23. The number of hydrogen-bond donors (Lipinski definition) is 0. The number of fused-ring (bicyclic) bond motifs is 6. The predicted molar refractivity (Wildman–Crippen MR) is 163 cm³/mol. The minimum atomic E-state index is 0.287. The molecule has 1 atom stereocenters. The molecule has 0 heteroatoms. The fourth-order valence-corrected chi connectivity index (χ4v) is 6.75. The summed E-state index contributed by atoms with van der Waals surface area (Å²) in [7, 11) is 0. The van der Waals surface area contributed by atoms with Gasteiger partial charge in [0, 0.05) is 5.92 Å². The monoisotopic (exact) mass is 482 g/mol. The Kier molecular flexibility index (Phi) is 4.75. The molecule has 2 aliphatic carbocycles. The average molecular weight is 483 g/mol. The number of allylic oxidation sites excluding steroid dienone is 6. The molecule has 0 heterocycles. The lowest BCUT2D eigenvalue weighted by molar-refractivity contribution is 0.970. The van der Waals surface area contributed by atoms with Crippen LogP contribution in [-0.2, 0) is 6.42 Å². The smallest absolute Gasteiger partial charge is 0.0216 e. The zero-order valence-electron chi connectivity index (χ0n) is 21.1. The van der Waals surface area contributed by atoms with Gasteiger partial charge in [0.1, 0.15) is 0 Å². The van der Waals surface area contributed by atoms with Gasteiger partial charge in [-0.2, -0.15) is 0 Å². The van der Waals surface area contributed by atoms with Gasteiger partial charge in [0.2, 0.25) is 0 Å². The highest BCUT2D eigenvalue weighted by atomic mass is 14.3. The molecule has 0 saturated carbocycles. The van der Waals surface area contributed by atoms with Crippen LogP contribution in [0.5, 0.6) is 0 Å². The van der Waals surface area contributed by atoms with Crippen molar-refractivity contribution in [2.45, 2.75) is 12.3 Å². The van der Waals surface area contributed by atoms with Gasteiger partial charge < -0.3 is 0 Å². The summed E-state index contributed by atoms with van der Waals surface area (Å²) in [5, 5.41) is 7.81. The lowest BCUT2D eigenvalue weighted by Crippen LogP contribution is -2.08. The number of benzene rings is 6. The standard InChI is InChI=1S/C38H26/c1-2-13-27-23-25(11-1)24-28-15-10-22-35(36(27)28)38-33-19-7-5-17-31(33)37(32-18-6-8-20-34(32)38)30-21-9-14-26-12-3-4-16-29(26)30/h1-23,27H,24H2. The van der Waals surface area contributed by atoms with Crippen molar-refractivity contribution >= 4 is 32.3 Å². The summed E-state index contributed by atoms with van der Waals surface area (Å²) in [5.41, 5.74) is 9.61. The third kappa shape index (κ3) is 3.17. The molecule has 0 aromatic heterocycles. The zero-order chi connectivity index (χ0) is 25.1. The average Bonchev–Trinajstić information content (AvgIpc) is 3.16. The maximum Gasteiger partial charge on any atom is 0.0216 e. The zero-order valence-corrected chi connectivity index (χ0v) is 21.1. The summed E-state index contributed by atoms with van der Waals surface area (Å²) in [6.07, 6.45) is 12.4. The molecular weight excluding hydrogens is 456 g/mol. The third-order valence-electron chi connectivity index (χ3n) is 8.32. The van der Waals surface area contributed by atoms with Gasteiger partial charge in [-0.15, -0.1) is 0 Å². The molecule has 0 aliphatic heterocycles. The maximum absolute atomic E-state index is 2.45. The Morgan fingerprint density at radius 3 is 1.82 bits per heavy atom. The van der Waals surface area contributed by atoms with Crippen LogP contribution in [0, 0.1) is 0 Å². The van der Waals surface area contributed by atoms with Crippen molar-refractivity contribution in [2.75, 3.05) is 0 Å². The highest BCUT2D eigenvalue weighted by Gasteiger charge is 2.25. The molecule has 2 aliphatic rings. The van der Waals surface area contributed by atoms with Crippen LogP contribution in [0.25, 0.3) is 54.6 Å². The van der Waals surface area contributed by atoms with Crippen LogP contribution in [0.15, 0.2) is 145 Å². The van der Waals surface area contributed by atoms with E-state index in [1.807, 2.05) is 0 Å². The normalized spacial score (nSPS) is 16.0. The van der Waals surface area contributed by atoms with Crippen LogP contribution in [-0.4, -0.2) is 0 Å². The minimum absolute atomic E-state index is 0.287. The summed E-state index contributed by atoms with van der Waals surface area (Å²) in [6.45, 7) is 0. The van der Waals surface area contributed by atoms with Crippen molar-refractivity contribution in [3.63, 3.8) is 0 Å². The van der Waals surface area contributed by atoms with Gasteiger partial charge in [-0.25, -0.2) is 0 Å². The highest BCUT2D eigenvalue weighted by Crippen LogP contribution is 2.48. The molecule has 6 aromatic carbocycles. The van der Waals surface area contributed by atoms with Gasteiger partial charge in [0.25, 0.3) is 0 Å². The van der Waals surface area contributed by atoms with Gasteiger partial charge >= 0.3 is 0 Å². The molecule has 38 heavy (non-hydrogen) atoms. The number of rotatable bonds is 2. The molecule has 178 valence electrons. The summed E-state index contributed by atoms with van der Waals surface area (Å²) in [6, 6.07) is 40.4. The van der Waals surface area contributed by atoms with E-state index in [1.165, 1.54) is 71.3 Å². The molecule has 0 nitrogen and oxygen atoms in total. The first-order chi connectivity index (χ1) is 18.9. The molecule has 6 aromatic rings. The molecule has 0 spiro atoms. The first-order valence-electron chi connectivity index (χ1n) is 13.5. The van der Waals surface area contributed by atoms with Crippen LogP contribution in [0.4, 0.5) is 0 Å². The Balaban J connectivity index is 1.51. The lowest BCUT2D eigenvalue weighted by Gasteiger charge is -2.26. The Labute approximate surface area is 222 Å². The summed E-state index contributed by atoms with van der Waals surface area (Å²) in [4.78, 5) is 0. The van der Waals surface area contributed by atoms with Gasteiger partial charge in [0.15, 0.2) is 0 Å². The second-order valence-electron chi connectivity index (χ2n) is 10.4. The molecule has 0 N–H and O–H groups in total. The molecule has 8 rings (SSSR count). The second kappa shape index (κ2) is 8.43. The van der Waals surface area contributed by atoms with E-state index in [4.69, 9.17) is 0 Å². The minimum Gasteiger partial charge on any atom is -0.0732 e. The van der Waals surface area contributed by atoms with Gasteiger partial charge in [0.05, 0.1) is 0 Å². The molecule has 0 radical (unpaired) electrons. The molecule has 0 amide bonds. The van der Waals surface area contributed by atoms with E-state index < -0.39 is 0 Å². The van der Waals surface area contributed by atoms with Crippen molar-refractivity contribution < 1.29 is 0 Å². The first-order valence-corrected chi connectivity index (χ1v) is 13.5. The Bertz CT molecular complexity index is 1930. The van der Waals surface area contributed by atoms with E-state index >= 15 is 0 Å². The Hall–Kier alpha value is -4.68. The largest absolute Gasteiger partial charge is 0.0732 e. The molecule has 0 fully saturated rings. The lowest BCUT2D eigenvalue weighted by atomic mass is 9.77. The van der Waals surface area contributed by atoms with E-state index in [0.29, 0.717) is 0 Å². The summed E-state index contributed by atoms with van der Waals surface area (Å²) >= 11 is 0. The summed E-state index contributed by atoms with van der Waals surface area (Å²) in [5.74, 6) is 0.287. The fraction of sp³-hybridized carbons (Fsp3) is 0.0526. The van der Waals surface area contributed by atoms with E-state index in [0.717, 1.165) is 6.42 Å². The molecule has 2 bridgehead atoms. The van der Waals surface area contributed by atoms with E-state index in [1.54, 1.807) is 0 Å². The van der Waals surface area contributed by atoms with Crippen molar-refractivity contribution in [3.8, 4) is 22.3 Å². The second-order valence-corrected chi connectivity index (χ2v) is 10.4. The predicted octanol–water partition coefficient (Wildman–Crippen LogP) is 10.2. The third-order valence-corrected chi connectivity index (χ3v) is 8.32. The summed E-state index contributed by atoms with van der Waals surface area (Å²) < 4.78 is 0. The first kappa shape index (κ1) is 21.4. The SMILES string of the molecule is C1=CC2=CC(C=C1)c1c(cccc1-c1c3ccccc3c(-c3cccc4ccccc34)c3ccccc13)C2. The number of hydrogen-bond acceptors (Lipinski definition) is 0. The maximum atomic E-state index is 2.45. The topological polar surface area (TPSA) is 0 Å². The van der Waals surface area contributed by atoms with Crippen molar-refractivity contribution in [2.24, 2.45) is 0 Å². The van der Waals surface area contributed by atoms with Crippen LogP contribution in [0.2, 0.25) is 0 Å². The fourth-order valence-electron chi connectivity index (χ4n) is 6.75. The molecule has 0 saturated heterocycles.